The zero-order valence-electron chi connectivity index (χ0n) is 10.4. The topological polar surface area (TPSA) is 131 Å². The second-order valence-electron chi connectivity index (χ2n) is 4.00. The molecule has 0 unspecified atom stereocenters. The largest absolute Gasteiger partial charge is 0.414 e. The summed E-state index contributed by atoms with van der Waals surface area (Å²) in [5.74, 6) is 0.660. The van der Waals surface area contributed by atoms with Crippen molar-refractivity contribution in [1.29, 1.82) is 0 Å². The second kappa shape index (κ2) is 5.41. The molecule has 0 saturated heterocycles. The Morgan fingerprint density at radius 3 is 2.68 bits per heavy atom. The summed E-state index contributed by atoms with van der Waals surface area (Å²) in [6.45, 7) is 3.40. The molecule has 102 valence electrons. The average molecular weight is 283 g/mol. The van der Waals surface area contributed by atoms with E-state index in [4.69, 9.17) is 10.2 Å². The van der Waals surface area contributed by atoms with Gasteiger partial charge >= 0.3 is 5.69 Å². The number of thioether (sulfide) groups is 1. The lowest BCUT2D eigenvalue weighted by Gasteiger charge is -2.01. The number of hydrogen-bond donors (Lipinski definition) is 3. The fraction of sp³-hybridized carbons (Fsp3) is 0.400. The lowest BCUT2D eigenvalue weighted by Crippen LogP contribution is -2.26. The highest BCUT2D eigenvalue weighted by Gasteiger charge is 2.12. The highest BCUT2D eigenvalue weighted by atomic mass is 32.2. The van der Waals surface area contributed by atoms with E-state index in [2.05, 4.69) is 20.2 Å². The zero-order valence-corrected chi connectivity index (χ0v) is 11.2. The lowest BCUT2D eigenvalue weighted by atomic mass is 10.3. The van der Waals surface area contributed by atoms with E-state index in [0.717, 1.165) is 0 Å². The van der Waals surface area contributed by atoms with Gasteiger partial charge in [0.1, 0.15) is 0 Å². The zero-order chi connectivity index (χ0) is 14.0. The maximum absolute atomic E-state index is 11.6. The smallest absolute Gasteiger partial charge is 0.325 e. The van der Waals surface area contributed by atoms with Crippen LogP contribution in [0.4, 0.5) is 0 Å². The Morgan fingerprint density at radius 1 is 1.37 bits per heavy atom. The number of aromatic nitrogens is 4. The first-order chi connectivity index (χ1) is 8.97. The number of rotatable bonds is 4. The summed E-state index contributed by atoms with van der Waals surface area (Å²) in [6, 6.07) is -0.333. The van der Waals surface area contributed by atoms with Gasteiger partial charge in [0.15, 0.2) is 0 Å². The van der Waals surface area contributed by atoms with Crippen LogP contribution in [-0.2, 0) is 5.75 Å². The first-order valence-corrected chi connectivity index (χ1v) is 6.50. The van der Waals surface area contributed by atoms with Crippen molar-refractivity contribution in [1.82, 2.24) is 20.2 Å². The molecule has 2 heterocycles. The van der Waals surface area contributed by atoms with Gasteiger partial charge in [0.25, 0.3) is 10.8 Å². The van der Waals surface area contributed by atoms with Crippen LogP contribution < -0.4 is 17.0 Å². The van der Waals surface area contributed by atoms with Crippen LogP contribution in [0.2, 0.25) is 0 Å². The normalized spacial score (nSPS) is 12.6. The summed E-state index contributed by atoms with van der Waals surface area (Å²) >= 11 is 1.21. The quantitative estimate of drug-likeness (QED) is 0.676. The van der Waals surface area contributed by atoms with Crippen LogP contribution in [0.15, 0.2) is 19.2 Å². The number of nitrogens with two attached hydrogens (primary N) is 1. The molecule has 0 spiro atoms. The molecule has 0 fully saturated rings. The van der Waals surface area contributed by atoms with E-state index < -0.39 is 11.2 Å². The van der Waals surface area contributed by atoms with Crippen molar-refractivity contribution in [3.63, 3.8) is 0 Å². The molecule has 0 aliphatic rings. The lowest BCUT2D eigenvalue weighted by molar-refractivity contribution is 0.394. The monoisotopic (exact) mass is 283 g/mol. The van der Waals surface area contributed by atoms with E-state index in [9.17, 15) is 9.59 Å². The molecule has 4 N–H and O–H groups in total. The Labute approximate surface area is 111 Å². The van der Waals surface area contributed by atoms with Crippen molar-refractivity contribution in [2.75, 3.05) is 0 Å². The summed E-state index contributed by atoms with van der Waals surface area (Å²) in [5, 5.41) is 7.92. The Kier molecular flexibility index (Phi) is 3.86. The maximum Gasteiger partial charge on any atom is 0.325 e. The van der Waals surface area contributed by atoms with Crippen molar-refractivity contribution in [2.24, 2.45) is 5.73 Å². The van der Waals surface area contributed by atoms with Crippen LogP contribution in [0.3, 0.4) is 0 Å². The molecule has 8 nitrogen and oxygen atoms in total. The van der Waals surface area contributed by atoms with Gasteiger partial charge in [-0.3, -0.25) is 9.78 Å². The van der Waals surface area contributed by atoms with E-state index in [1.54, 1.807) is 13.8 Å². The number of nitrogens with zero attached hydrogens (tertiary/aromatic N) is 2. The van der Waals surface area contributed by atoms with Gasteiger partial charge in [-0.15, -0.1) is 10.2 Å². The van der Waals surface area contributed by atoms with Crippen LogP contribution in [0, 0.1) is 6.92 Å². The molecule has 0 radical (unpaired) electrons. The molecule has 9 heteroatoms. The van der Waals surface area contributed by atoms with Crippen molar-refractivity contribution in [2.45, 2.75) is 30.9 Å². The highest BCUT2D eigenvalue weighted by molar-refractivity contribution is 7.98. The van der Waals surface area contributed by atoms with Crippen LogP contribution in [0.1, 0.15) is 30.1 Å². The minimum absolute atomic E-state index is 0.318. The Balaban J connectivity index is 2.14. The van der Waals surface area contributed by atoms with Crippen LogP contribution in [0.25, 0.3) is 0 Å². The van der Waals surface area contributed by atoms with Crippen molar-refractivity contribution in [3.05, 3.63) is 38.0 Å². The molecule has 1 atom stereocenters. The summed E-state index contributed by atoms with van der Waals surface area (Å²) < 4.78 is 5.30. The van der Waals surface area contributed by atoms with Gasteiger partial charge in [0.05, 0.1) is 6.04 Å². The molecule has 0 saturated carbocycles. The van der Waals surface area contributed by atoms with E-state index in [-0.39, 0.29) is 6.04 Å². The summed E-state index contributed by atoms with van der Waals surface area (Å²) in [7, 11) is 0. The van der Waals surface area contributed by atoms with Crippen LogP contribution in [0.5, 0.6) is 0 Å². The fourth-order valence-electron chi connectivity index (χ4n) is 1.40. The predicted molar refractivity (Wildman–Crippen MR) is 68.9 cm³/mol. The molecule has 2 rings (SSSR count). The first-order valence-electron chi connectivity index (χ1n) is 5.51. The average Bonchev–Trinajstić information content (AvgIpc) is 2.76. The van der Waals surface area contributed by atoms with Crippen molar-refractivity contribution in [3.8, 4) is 0 Å². The second-order valence-corrected chi connectivity index (χ2v) is 4.92. The van der Waals surface area contributed by atoms with Crippen LogP contribution in [-0.4, -0.2) is 20.2 Å². The predicted octanol–water partition coefficient (Wildman–Crippen LogP) is 0.0666. The number of aromatic amines is 2. The molecule has 0 amide bonds. The number of nitrogens with one attached hydrogen (secondary N) is 2. The van der Waals surface area contributed by atoms with E-state index in [1.807, 2.05) is 0 Å². The molecular weight excluding hydrogens is 270 g/mol. The minimum Gasteiger partial charge on any atom is -0.414 e. The van der Waals surface area contributed by atoms with Gasteiger partial charge in [-0.25, -0.2) is 4.79 Å². The van der Waals surface area contributed by atoms with Crippen molar-refractivity contribution >= 4 is 11.8 Å². The highest BCUT2D eigenvalue weighted by Crippen LogP contribution is 2.21. The minimum atomic E-state index is -0.520. The molecule has 19 heavy (non-hydrogen) atoms. The SMILES string of the molecule is Cc1[nH]c(=O)[nH]c(=O)c1CSc1nnc([C@H](C)N)o1. The Morgan fingerprint density at radius 2 is 2.11 bits per heavy atom. The number of hydrogen-bond acceptors (Lipinski definition) is 7. The van der Waals surface area contributed by atoms with Crippen molar-refractivity contribution < 1.29 is 4.42 Å². The van der Waals surface area contributed by atoms with Gasteiger partial charge in [0.2, 0.25) is 5.89 Å². The van der Waals surface area contributed by atoms with E-state index >= 15 is 0 Å². The number of aryl methyl sites for hydroxylation is 1. The maximum atomic E-state index is 11.6. The Hall–Kier alpha value is -1.87. The molecular formula is C10H13N5O3S. The summed E-state index contributed by atoms with van der Waals surface area (Å²) in [5.41, 5.74) is 5.65. The van der Waals surface area contributed by atoms with Gasteiger partial charge in [-0.05, 0) is 13.8 Å². The van der Waals surface area contributed by atoms with E-state index in [0.29, 0.717) is 28.1 Å². The number of H-pyrrole nitrogens is 2. The molecule has 0 bridgehead atoms. The van der Waals surface area contributed by atoms with Gasteiger partial charge in [-0.1, -0.05) is 11.8 Å². The summed E-state index contributed by atoms with van der Waals surface area (Å²) in [6.07, 6.45) is 0. The van der Waals surface area contributed by atoms with Crippen LogP contribution >= 0.6 is 11.8 Å². The van der Waals surface area contributed by atoms with Gasteiger partial charge in [0, 0.05) is 17.0 Å². The Bertz CT molecular complexity index is 687. The third-order valence-electron chi connectivity index (χ3n) is 2.41. The fourth-order valence-corrected chi connectivity index (χ4v) is 2.25. The third kappa shape index (κ3) is 3.12. The standard InChI is InChI=1S/C10H13N5O3S/c1-4(11)8-14-15-10(18-8)19-3-6-5(2)12-9(17)13-7(6)16/h4H,3,11H2,1-2H3,(H2,12,13,16,17)/t4-/m0/s1. The third-order valence-corrected chi connectivity index (χ3v) is 3.25. The van der Waals surface area contributed by atoms with Gasteiger partial charge < -0.3 is 15.1 Å². The van der Waals surface area contributed by atoms with E-state index in [1.165, 1.54) is 11.8 Å². The molecule has 0 aliphatic heterocycles. The first kappa shape index (κ1) is 13.6. The molecule has 2 aromatic rings. The summed E-state index contributed by atoms with van der Waals surface area (Å²) in [4.78, 5) is 27.4. The molecule has 2 aromatic heterocycles. The molecule has 0 aromatic carbocycles. The van der Waals surface area contributed by atoms with Gasteiger partial charge in [-0.2, -0.15) is 0 Å². The molecule has 0 aliphatic carbocycles.